The third-order valence-corrected chi connectivity index (χ3v) is 5.04. The molecule has 3 aromatic carbocycles. The summed E-state index contributed by atoms with van der Waals surface area (Å²) in [7, 11) is 0. The van der Waals surface area contributed by atoms with E-state index < -0.39 is 0 Å². The maximum Gasteiger partial charge on any atom is 0.255 e. The minimum Gasteiger partial charge on any atom is -0.322 e. The highest BCUT2D eigenvalue weighted by molar-refractivity contribution is 6.04. The van der Waals surface area contributed by atoms with E-state index in [-0.39, 0.29) is 11.7 Å². The first-order chi connectivity index (χ1) is 13.7. The number of carbonyl (C=O) groups is 1. The Hall–Kier alpha value is -3.73. The van der Waals surface area contributed by atoms with E-state index in [1.807, 2.05) is 30.3 Å². The molecule has 0 saturated heterocycles. The number of nitrogens with one attached hydrogen (secondary N) is 2. The number of fused-ring (bicyclic) bond motifs is 3. The molecule has 1 aliphatic rings. The predicted octanol–water partition coefficient (Wildman–Crippen LogP) is 5.04. The van der Waals surface area contributed by atoms with Gasteiger partial charge in [0.2, 0.25) is 0 Å². The average Bonchev–Trinajstić information content (AvgIpc) is 3.28. The molecule has 1 aliphatic carbocycles. The molecule has 0 unspecified atom stereocenters. The lowest BCUT2D eigenvalue weighted by Gasteiger charge is -2.07. The Labute approximate surface area is 161 Å². The molecule has 28 heavy (non-hydrogen) atoms. The Morgan fingerprint density at radius 1 is 0.964 bits per heavy atom. The number of halogens is 1. The summed E-state index contributed by atoms with van der Waals surface area (Å²) in [6, 6.07) is 21.4. The number of anilines is 1. The zero-order valence-electron chi connectivity index (χ0n) is 14.9. The topological polar surface area (TPSA) is 57.8 Å². The van der Waals surface area contributed by atoms with Crippen molar-refractivity contribution >= 4 is 11.6 Å². The van der Waals surface area contributed by atoms with Gasteiger partial charge in [-0.05, 0) is 42.0 Å². The molecule has 4 nitrogen and oxygen atoms in total. The molecule has 1 aromatic heterocycles. The number of H-pyrrole nitrogens is 1. The van der Waals surface area contributed by atoms with E-state index in [1.54, 1.807) is 0 Å². The van der Waals surface area contributed by atoms with E-state index in [0.29, 0.717) is 11.3 Å². The molecule has 5 heteroatoms. The number of amides is 1. The van der Waals surface area contributed by atoms with Crippen LogP contribution in [-0.2, 0) is 6.42 Å². The SMILES string of the molecule is O=C(Nc1ccc(-c2n[nH]c3c2Cc2ccccc2-3)cc1)c1ccc(F)cc1. The van der Waals surface area contributed by atoms with Crippen molar-refractivity contribution in [2.45, 2.75) is 6.42 Å². The Balaban J connectivity index is 1.37. The molecule has 0 spiro atoms. The normalized spacial score (nSPS) is 11.8. The van der Waals surface area contributed by atoms with Crippen LogP contribution in [0.15, 0.2) is 72.8 Å². The van der Waals surface area contributed by atoms with Gasteiger partial charge in [-0.2, -0.15) is 5.10 Å². The van der Waals surface area contributed by atoms with Gasteiger partial charge in [0.1, 0.15) is 5.82 Å². The maximum atomic E-state index is 13.0. The van der Waals surface area contributed by atoms with Gasteiger partial charge < -0.3 is 5.32 Å². The van der Waals surface area contributed by atoms with Crippen molar-refractivity contribution < 1.29 is 9.18 Å². The Morgan fingerprint density at radius 2 is 1.71 bits per heavy atom. The molecule has 4 aromatic rings. The van der Waals surface area contributed by atoms with Crippen LogP contribution >= 0.6 is 0 Å². The van der Waals surface area contributed by atoms with Gasteiger partial charge in [0.25, 0.3) is 5.91 Å². The van der Waals surface area contributed by atoms with Gasteiger partial charge >= 0.3 is 0 Å². The predicted molar refractivity (Wildman–Crippen MR) is 107 cm³/mol. The third-order valence-electron chi connectivity index (χ3n) is 5.04. The first-order valence-corrected chi connectivity index (χ1v) is 9.02. The van der Waals surface area contributed by atoms with Crippen molar-refractivity contribution in [2.24, 2.45) is 0 Å². The maximum absolute atomic E-state index is 13.0. The quantitative estimate of drug-likeness (QED) is 0.468. The first-order valence-electron chi connectivity index (χ1n) is 9.02. The lowest BCUT2D eigenvalue weighted by Crippen LogP contribution is -2.11. The summed E-state index contributed by atoms with van der Waals surface area (Å²) in [5.74, 6) is -0.640. The highest BCUT2D eigenvalue weighted by Gasteiger charge is 2.24. The van der Waals surface area contributed by atoms with Crippen molar-refractivity contribution in [1.29, 1.82) is 0 Å². The van der Waals surface area contributed by atoms with Crippen molar-refractivity contribution in [1.82, 2.24) is 10.2 Å². The summed E-state index contributed by atoms with van der Waals surface area (Å²) >= 11 is 0. The highest BCUT2D eigenvalue weighted by Crippen LogP contribution is 2.39. The molecule has 5 rings (SSSR count). The number of hydrogen-bond acceptors (Lipinski definition) is 2. The van der Waals surface area contributed by atoms with Crippen LogP contribution in [0.4, 0.5) is 10.1 Å². The molecule has 136 valence electrons. The van der Waals surface area contributed by atoms with Crippen LogP contribution in [0.5, 0.6) is 0 Å². The molecule has 0 aliphatic heterocycles. The zero-order valence-corrected chi connectivity index (χ0v) is 14.9. The number of carbonyl (C=O) groups excluding carboxylic acids is 1. The van der Waals surface area contributed by atoms with Gasteiger partial charge in [-0.3, -0.25) is 9.89 Å². The summed E-state index contributed by atoms with van der Waals surface area (Å²) in [5.41, 5.74) is 7.80. The standard InChI is InChI=1S/C23H16FN3O/c24-17-9-5-15(6-10-17)23(28)25-18-11-7-14(8-12-18)21-20-13-16-3-1-2-4-19(16)22(20)27-26-21/h1-12H,13H2,(H,25,28)(H,26,27). The lowest BCUT2D eigenvalue weighted by molar-refractivity contribution is 0.102. The van der Waals surface area contributed by atoms with Gasteiger partial charge in [0.15, 0.2) is 0 Å². The second kappa shape index (κ2) is 6.46. The molecule has 0 atom stereocenters. The fraction of sp³-hybridized carbons (Fsp3) is 0.0435. The van der Waals surface area contributed by atoms with Crippen LogP contribution in [0.25, 0.3) is 22.5 Å². The number of aromatic amines is 1. The third kappa shape index (κ3) is 2.77. The van der Waals surface area contributed by atoms with E-state index in [4.69, 9.17) is 0 Å². The molecular weight excluding hydrogens is 353 g/mol. The smallest absolute Gasteiger partial charge is 0.255 e. The number of nitrogens with zero attached hydrogens (tertiary/aromatic N) is 1. The molecule has 1 heterocycles. The zero-order chi connectivity index (χ0) is 19.1. The van der Waals surface area contributed by atoms with Gasteiger partial charge in [0.05, 0.1) is 11.4 Å². The Morgan fingerprint density at radius 3 is 2.50 bits per heavy atom. The van der Waals surface area contributed by atoms with Crippen molar-refractivity contribution in [3.8, 4) is 22.5 Å². The number of benzene rings is 3. The minimum atomic E-state index is -0.366. The van der Waals surface area contributed by atoms with E-state index in [1.165, 1.54) is 41.0 Å². The lowest BCUT2D eigenvalue weighted by atomic mass is 10.1. The van der Waals surface area contributed by atoms with Crippen LogP contribution in [0.3, 0.4) is 0 Å². The second-order valence-corrected chi connectivity index (χ2v) is 6.80. The molecule has 0 fully saturated rings. The first kappa shape index (κ1) is 16.4. The van der Waals surface area contributed by atoms with E-state index >= 15 is 0 Å². The number of aromatic nitrogens is 2. The minimum absolute atomic E-state index is 0.274. The fourth-order valence-corrected chi connectivity index (χ4v) is 3.62. The summed E-state index contributed by atoms with van der Waals surface area (Å²) in [6.07, 6.45) is 0.862. The van der Waals surface area contributed by atoms with E-state index in [9.17, 15) is 9.18 Å². The van der Waals surface area contributed by atoms with Crippen LogP contribution < -0.4 is 5.32 Å². The molecule has 0 radical (unpaired) electrons. The molecule has 0 bridgehead atoms. The van der Waals surface area contributed by atoms with Crippen LogP contribution in [0, 0.1) is 5.82 Å². The number of hydrogen-bond donors (Lipinski definition) is 2. The summed E-state index contributed by atoms with van der Waals surface area (Å²) in [6.45, 7) is 0. The van der Waals surface area contributed by atoms with E-state index in [2.05, 4.69) is 33.7 Å². The van der Waals surface area contributed by atoms with Gasteiger partial charge in [-0.15, -0.1) is 0 Å². The highest BCUT2D eigenvalue weighted by atomic mass is 19.1. The second-order valence-electron chi connectivity index (χ2n) is 6.80. The average molecular weight is 369 g/mol. The molecular formula is C23H16FN3O. The largest absolute Gasteiger partial charge is 0.322 e. The molecule has 2 N–H and O–H groups in total. The van der Waals surface area contributed by atoms with E-state index in [0.717, 1.165) is 23.4 Å². The molecule has 0 saturated carbocycles. The summed E-state index contributed by atoms with van der Waals surface area (Å²) in [5, 5.41) is 10.5. The van der Waals surface area contributed by atoms with Crippen molar-refractivity contribution in [3.63, 3.8) is 0 Å². The Bertz CT molecular complexity index is 1180. The van der Waals surface area contributed by atoms with Gasteiger partial charge in [-0.1, -0.05) is 36.4 Å². The van der Waals surface area contributed by atoms with Crippen LogP contribution in [0.2, 0.25) is 0 Å². The summed E-state index contributed by atoms with van der Waals surface area (Å²) < 4.78 is 13.0. The van der Waals surface area contributed by atoms with Crippen molar-refractivity contribution in [3.05, 3.63) is 95.3 Å². The van der Waals surface area contributed by atoms with Gasteiger partial charge in [0, 0.05) is 34.4 Å². The monoisotopic (exact) mass is 369 g/mol. The molecule has 1 amide bonds. The Kier molecular flexibility index (Phi) is 3.79. The fourth-order valence-electron chi connectivity index (χ4n) is 3.62. The van der Waals surface area contributed by atoms with Crippen LogP contribution in [-0.4, -0.2) is 16.1 Å². The summed E-state index contributed by atoms with van der Waals surface area (Å²) in [4.78, 5) is 12.3. The van der Waals surface area contributed by atoms with Crippen molar-refractivity contribution in [2.75, 3.05) is 5.32 Å². The van der Waals surface area contributed by atoms with Crippen LogP contribution in [0.1, 0.15) is 21.5 Å². The van der Waals surface area contributed by atoms with Gasteiger partial charge in [-0.25, -0.2) is 4.39 Å². The number of rotatable bonds is 3.